The zero-order valence-electron chi connectivity index (χ0n) is 18.5. The van der Waals surface area contributed by atoms with Crippen molar-refractivity contribution in [3.05, 3.63) is 54.0 Å². The normalized spacial score (nSPS) is 14.4. The van der Waals surface area contributed by atoms with E-state index in [1.54, 1.807) is 6.07 Å². The number of rotatable bonds is 8. The Kier molecular flexibility index (Phi) is 7.47. The maximum Gasteiger partial charge on any atom is 0.406 e. The van der Waals surface area contributed by atoms with Crippen LogP contribution in [0.25, 0.3) is 5.69 Å². The van der Waals surface area contributed by atoms with Gasteiger partial charge in [-0.05, 0) is 30.7 Å². The predicted molar refractivity (Wildman–Crippen MR) is 120 cm³/mol. The minimum Gasteiger partial charge on any atom is -0.467 e. The van der Waals surface area contributed by atoms with Gasteiger partial charge in [0.1, 0.15) is 12.3 Å². The van der Waals surface area contributed by atoms with E-state index in [1.807, 2.05) is 40.7 Å². The highest BCUT2D eigenvalue weighted by Gasteiger charge is 2.34. The van der Waals surface area contributed by atoms with Gasteiger partial charge in [0, 0.05) is 13.1 Å². The minimum absolute atomic E-state index is 0.232. The zero-order valence-corrected chi connectivity index (χ0v) is 19.3. The molecule has 0 atom stereocenters. The molecule has 2 aromatic heterocycles. The van der Waals surface area contributed by atoms with E-state index in [9.17, 15) is 18.0 Å². The number of carbonyl (C=O) groups excluding carboxylic acids is 1. The summed E-state index contributed by atoms with van der Waals surface area (Å²) in [5.74, 6) is -0.0225. The Bertz CT molecular complexity index is 1100. The monoisotopic (exact) mass is 495 g/mol. The zero-order chi connectivity index (χ0) is 24.1. The van der Waals surface area contributed by atoms with Crippen LogP contribution in [0.5, 0.6) is 0 Å². The largest absolute Gasteiger partial charge is 0.467 e. The van der Waals surface area contributed by atoms with Crippen LogP contribution in [-0.2, 0) is 16.1 Å². The van der Waals surface area contributed by atoms with Gasteiger partial charge in [-0.3, -0.25) is 9.36 Å². The van der Waals surface area contributed by atoms with Gasteiger partial charge in [0.05, 0.1) is 37.5 Å². The third kappa shape index (κ3) is 5.92. The molecule has 1 aliphatic heterocycles. The van der Waals surface area contributed by atoms with Gasteiger partial charge in [0.15, 0.2) is 5.16 Å². The van der Waals surface area contributed by atoms with E-state index < -0.39 is 18.6 Å². The van der Waals surface area contributed by atoms with Crippen molar-refractivity contribution in [1.82, 2.24) is 19.7 Å². The second-order valence-electron chi connectivity index (χ2n) is 7.74. The summed E-state index contributed by atoms with van der Waals surface area (Å²) in [5, 5.41) is 9.04. The molecular weight excluding hydrogens is 471 g/mol. The van der Waals surface area contributed by atoms with Crippen LogP contribution in [0.2, 0.25) is 0 Å². The van der Waals surface area contributed by atoms with Gasteiger partial charge in [-0.2, -0.15) is 13.2 Å². The number of halogens is 3. The van der Waals surface area contributed by atoms with Gasteiger partial charge in [0.2, 0.25) is 11.9 Å². The second kappa shape index (κ2) is 10.5. The molecule has 182 valence electrons. The fourth-order valence-corrected chi connectivity index (χ4v) is 4.45. The van der Waals surface area contributed by atoms with Crippen LogP contribution in [0.15, 0.2) is 52.2 Å². The first-order valence-corrected chi connectivity index (χ1v) is 11.6. The summed E-state index contributed by atoms with van der Waals surface area (Å²) in [7, 11) is 0. The van der Waals surface area contributed by atoms with Crippen molar-refractivity contribution in [1.29, 1.82) is 0 Å². The van der Waals surface area contributed by atoms with Gasteiger partial charge < -0.3 is 19.0 Å². The quantitative estimate of drug-likeness (QED) is 0.441. The summed E-state index contributed by atoms with van der Waals surface area (Å²) in [6.07, 6.45) is -3.17. The van der Waals surface area contributed by atoms with E-state index in [4.69, 9.17) is 9.15 Å². The van der Waals surface area contributed by atoms with E-state index in [0.717, 1.165) is 27.9 Å². The second-order valence-corrected chi connectivity index (χ2v) is 8.68. The summed E-state index contributed by atoms with van der Waals surface area (Å²) in [4.78, 5) is 15.6. The van der Waals surface area contributed by atoms with Crippen LogP contribution in [-0.4, -0.2) is 70.3 Å². The van der Waals surface area contributed by atoms with E-state index in [-0.39, 0.29) is 18.1 Å². The van der Waals surface area contributed by atoms with Crippen LogP contribution in [0.3, 0.4) is 0 Å². The summed E-state index contributed by atoms with van der Waals surface area (Å²) in [6, 6.07) is 10.8. The fraction of sp³-hybridized carbons (Fsp3) is 0.409. The number of para-hydroxylation sites is 1. The molecule has 0 unspecified atom stereocenters. The number of alkyl halides is 3. The van der Waals surface area contributed by atoms with Gasteiger partial charge in [-0.15, -0.1) is 10.2 Å². The Balaban J connectivity index is 1.57. The third-order valence-corrected chi connectivity index (χ3v) is 6.15. The van der Waals surface area contributed by atoms with Crippen LogP contribution in [0, 0.1) is 6.92 Å². The lowest BCUT2D eigenvalue weighted by Gasteiger charge is -2.28. The van der Waals surface area contributed by atoms with Gasteiger partial charge >= 0.3 is 6.18 Å². The highest BCUT2D eigenvalue weighted by atomic mass is 32.2. The number of benzene rings is 1. The Morgan fingerprint density at radius 2 is 1.91 bits per heavy atom. The molecule has 0 N–H and O–H groups in total. The van der Waals surface area contributed by atoms with Crippen molar-refractivity contribution in [2.24, 2.45) is 0 Å². The summed E-state index contributed by atoms with van der Waals surface area (Å²) in [5.41, 5.74) is 1.81. The molecule has 3 heterocycles. The number of hydrogen-bond acceptors (Lipinski definition) is 7. The van der Waals surface area contributed by atoms with Crippen LogP contribution < -0.4 is 4.90 Å². The minimum atomic E-state index is -4.53. The summed E-state index contributed by atoms with van der Waals surface area (Å²) in [6.45, 7) is 2.70. The van der Waals surface area contributed by atoms with Crippen molar-refractivity contribution in [3.63, 3.8) is 0 Å². The molecule has 1 saturated heterocycles. The lowest BCUT2D eigenvalue weighted by atomic mass is 10.2. The highest BCUT2D eigenvalue weighted by molar-refractivity contribution is 7.99. The van der Waals surface area contributed by atoms with E-state index >= 15 is 0 Å². The molecule has 0 spiro atoms. The van der Waals surface area contributed by atoms with E-state index in [0.29, 0.717) is 37.4 Å². The number of ether oxygens (including phenoxy) is 1. The number of carbonyl (C=O) groups is 1. The predicted octanol–water partition coefficient (Wildman–Crippen LogP) is 3.69. The topological polar surface area (TPSA) is 76.6 Å². The molecule has 4 rings (SSSR count). The number of amides is 1. The number of aromatic nitrogens is 3. The van der Waals surface area contributed by atoms with Crippen molar-refractivity contribution < 1.29 is 27.1 Å². The molecule has 3 aromatic rings. The number of anilines is 1. The summed E-state index contributed by atoms with van der Waals surface area (Å²) < 4.78 is 51.8. The first-order chi connectivity index (χ1) is 16.3. The molecule has 1 amide bonds. The smallest absolute Gasteiger partial charge is 0.406 e. The average molecular weight is 496 g/mol. The first kappa shape index (κ1) is 24.1. The number of furan rings is 1. The van der Waals surface area contributed by atoms with Crippen molar-refractivity contribution >= 4 is 23.6 Å². The number of hydrogen-bond donors (Lipinski definition) is 0. The molecule has 1 aliphatic rings. The lowest BCUT2D eigenvalue weighted by Crippen LogP contribution is -2.39. The van der Waals surface area contributed by atoms with Gasteiger partial charge in [-0.25, -0.2) is 0 Å². The molecule has 0 aliphatic carbocycles. The maximum absolute atomic E-state index is 13.1. The Hall–Kier alpha value is -2.99. The number of aryl methyl sites for hydroxylation is 1. The SMILES string of the molecule is Cc1ccccc1-n1c(SCC(=O)N(Cc2ccco2)CC(F)(F)F)nnc1N1CCOCC1. The van der Waals surface area contributed by atoms with Crippen molar-refractivity contribution in [2.75, 3.05) is 43.5 Å². The van der Waals surface area contributed by atoms with Gasteiger partial charge in [0.25, 0.3) is 0 Å². The molecule has 1 aromatic carbocycles. The number of morpholine rings is 1. The summed E-state index contributed by atoms with van der Waals surface area (Å²) >= 11 is 1.05. The molecule has 1 fully saturated rings. The van der Waals surface area contributed by atoms with Crippen LogP contribution in [0.4, 0.5) is 19.1 Å². The Morgan fingerprint density at radius 3 is 2.59 bits per heavy atom. The fourth-order valence-electron chi connectivity index (χ4n) is 3.61. The van der Waals surface area contributed by atoms with Crippen LogP contribution >= 0.6 is 11.8 Å². The highest BCUT2D eigenvalue weighted by Crippen LogP contribution is 2.29. The van der Waals surface area contributed by atoms with E-state index in [1.165, 1.54) is 12.3 Å². The Labute approximate surface area is 198 Å². The Morgan fingerprint density at radius 1 is 1.15 bits per heavy atom. The van der Waals surface area contributed by atoms with Crippen molar-refractivity contribution in [2.45, 2.75) is 24.8 Å². The number of nitrogens with zero attached hydrogens (tertiary/aromatic N) is 5. The van der Waals surface area contributed by atoms with E-state index in [2.05, 4.69) is 10.2 Å². The molecular formula is C22H24F3N5O3S. The third-order valence-electron chi connectivity index (χ3n) is 5.24. The van der Waals surface area contributed by atoms with Crippen molar-refractivity contribution in [3.8, 4) is 5.69 Å². The molecule has 0 radical (unpaired) electrons. The average Bonchev–Trinajstić information content (AvgIpc) is 3.47. The van der Waals surface area contributed by atoms with Gasteiger partial charge in [-0.1, -0.05) is 30.0 Å². The molecule has 12 heteroatoms. The standard InChI is InChI=1S/C22H24F3N5O3S/c1-16-5-2-3-7-18(16)30-20(28-8-11-32-12-9-28)26-27-21(30)34-14-19(31)29(15-22(23,24)25)13-17-6-4-10-33-17/h2-7,10H,8-9,11-15H2,1H3. The number of thioether (sulfide) groups is 1. The van der Waals surface area contributed by atoms with Crippen LogP contribution in [0.1, 0.15) is 11.3 Å². The first-order valence-electron chi connectivity index (χ1n) is 10.7. The molecule has 34 heavy (non-hydrogen) atoms. The molecule has 0 saturated carbocycles. The molecule has 8 nitrogen and oxygen atoms in total. The maximum atomic E-state index is 13.1. The molecule has 0 bridgehead atoms. The lowest BCUT2D eigenvalue weighted by molar-refractivity contribution is -0.161.